The lowest BCUT2D eigenvalue weighted by molar-refractivity contribution is -0.137. The highest BCUT2D eigenvalue weighted by Gasteiger charge is 2.23. The van der Waals surface area contributed by atoms with E-state index < -0.39 is 5.97 Å². The maximum atomic E-state index is 11.7. The first-order valence-electron chi connectivity index (χ1n) is 6.52. The minimum atomic E-state index is -0.860. The maximum absolute atomic E-state index is 11.7. The number of hydrogen-bond acceptors (Lipinski definition) is 3. The van der Waals surface area contributed by atoms with Crippen molar-refractivity contribution < 1.29 is 19.5 Å². The Kier molecular flexibility index (Phi) is 6.11. The standard InChI is InChI=1S/C12H21N3O4/c13-10(16)8-9-3-6-15(7-4-9)12(19)14-5-1-2-11(17)18/h9H,1-8H2,(H2,13,16)(H,14,19)(H,17,18). The third-order valence-corrected chi connectivity index (χ3v) is 3.24. The van der Waals surface area contributed by atoms with Crippen LogP contribution in [0.4, 0.5) is 4.79 Å². The van der Waals surface area contributed by atoms with E-state index in [1.54, 1.807) is 4.90 Å². The summed E-state index contributed by atoms with van der Waals surface area (Å²) in [5, 5.41) is 11.2. The normalized spacial score (nSPS) is 16.1. The molecule has 1 saturated heterocycles. The van der Waals surface area contributed by atoms with Crippen LogP contribution >= 0.6 is 0 Å². The number of nitrogens with one attached hydrogen (secondary N) is 1. The maximum Gasteiger partial charge on any atom is 0.317 e. The van der Waals surface area contributed by atoms with Crippen LogP contribution in [0, 0.1) is 5.92 Å². The second-order valence-electron chi connectivity index (χ2n) is 4.83. The number of nitrogens with zero attached hydrogens (tertiary/aromatic N) is 1. The number of carboxylic acid groups (broad SMARTS) is 1. The molecule has 0 spiro atoms. The molecule has 1 aliphatic rings. The number of likely N-dealkylation sites (tertiary alicyclic amines) is 1. The van der Waals surface area contributed by atoms with Gasteiger partial charge in [0.25, 0.3) is 0 Å². The first-order chi connectivity index (χ1) is 8.99. The molecule has 0 saturated carbocycles. The molecule has 7 heteroatoms. The van der Waals surface area contributed by atoms with Crippen LogP contribution in [0.15, 0.2) is 0 Å². The minimum absolute atomic E-state index is 0.0565. The van der Waals surface area contributed by atoms with Gasteiger partial charge in [0, 0.05) is 32.5 Å². The van der Waals surface area contributed by atoms with Gasteiger partial charge in [-0.15, -0.1) is 0 Å². The highest BCUT2D eigenvalue weighted by atomic mass is 16.4. The number of aliphatic carboxylic acids is 1. The van der Waals surface area contributed by atoms with Crippen molar-refractivity contribution in [3.63, 3.8) is 0 Å². The molecule has 1 aliphatic heterocycles. The number of primary amides is 1. The first kappa shape index (κ1) is 15.3. The Morgan fingerprint density at radius 3 is 2.42 bits per heavy atom. The molecule has 0 aromatic rings. The first-order valence-corrected chi connectivity index (χ1v) is 6.52. The molecular formula is C12H21N3O4. The van der Waals surface area contributed by atoms with Crippen molar-refractivity contribution in [2.45, 2.75) is 32.1 Å². The van der Waals surface area contributed by atoms with Gasteiger partial charge in [-0.3, -0.25) is 9.59 Å². The molecule has 3 amide bonds. The van der Waals surface area contributed by atoms with Gasteiger partial charge in [-0.2, -0.15) is 0 Å². The van der Waals surface area contributed by atoms with Crippen molar-refractivity contribution in [1.29, 1.82) is 0 Å². The number of carbonyl (C=O) groups is 3. The minimum Gasteiger partial charge on any atom is -0.481 e. The lowest BCUT2D eigenvalue weighted by atomic mass is 9.93. The summed E-state index contributed by atoms with van der Waals surface area (Å²) in [6.07, 6.45) is 2.44. The van der Waals surface area contributed by atoms with Crippen molar-refractivity contribution in [3.8, 4) is 0 Å². The second-order valence-corrected chi connectivity index (χ2v) is 4.83. The molecule has 0 aromatic heterocycles. The zero-order valence-electron chi connectivity index (χ0n) is 10.9. The van der Waals surface area contributed by atoms with Gasteiger partial charge in [0.05, 0.1) is 0 Å². The third kappa shape index (κ3) is 6.08. The van der Waals surface area contributed by atoms with Gasteiger partial charge in [-0.05, 0) is 25.2 Å². The Morgan fingerprint density at radius 1 is 1.26 bits per heavy atom. The van der Waals surface area contributed by atoms with Crippen molar-refractivity contribution in [3.05, 3.63) is 0 Å². The summed E-state index contributed by atoms with van der Waals surface area (Å²) in [5.41, 5.74) is 5.14. The van der Waals surface area contributed by atoms with Crippen LogP contribution in [0.2, 0.25) is 0 Å². The van der Waals surface area contributed by atoms with E-state index in [1.807, 2.05) is 0 Å². The number of nitrogens with two attached hydrogens (primary N) is 1. The van der Waals surface area contributed by atoms with Gasteiger partial charge in [-0.1, -0.05) is 0 Å². The van der Waals surface area contributed by atoms with Gasteiger partial charge < -0.3 is 21.1 Å². The number of carbonyl (C=O) groups excluding carboxylic acids is 2. The summed E-state index contributed by atoms with van der Waals surface area (Å²) < 4.78 is 0. The van der Waals surface area contributed by atoms with Crippen LogP contribution in [-0.2, 0) is 9.59 Å². The molecule has 1 heterocycles. The molecule has 19 heavy (non-hydrogen) atoms. The van der Waals surface area contributed by atoms with Gasteiger partial charge in [0.15, 0.2) is 0 Å². The van der Waals surface area contributed by atoms with Gasteiger partial charge in [0.2, 0.25) is 5.91 Å². The highest BCUT2D eigenvalue weighted by Crippen LogP contribution is 2.19. The Hall–Kier alpha value is -1.79. The highest BCUT2D eigenvalue weighted by molar-refractivity contribution is 5.75. The quantitative estimate of drug-likeness (QED) is 0.597. The van der Waals surface area contributed by atoms with Crippen molar-refractivity contribution in [2.75, 3.05) is 19.6 Å². The number of amides is 3. The van der Waals surface area contributed by atoms with Gasteiger partial charge in [0.1, 0.15) is 0 Å². The second kappa shape index (κ2) is 7.60. The van der Waals surface area contributed by atoms with Crippen molar-refractivity contribution in [1.82, 2.24) is 10.2 Å². The van der Waals surface area contributed by atoms with E-state index in [9.17, 15) is 14.4 Å². The summed E-state index contributed by atoms with van der Waals surface area (Å²) in [6.45, 7) is 1.60. The molecule has 0 aliphatic carbocycles. The van der Waals surface area contributed by atoms with E-state index in [1.165, 1.54) is 0 Å². The number of urea groups is 1. The Bertz CT molecular complexity index is 338. The molecule has 0 unspecified atom stereocenters. The SMILES string of the molecule is NC(=O)CC1CCN(C(=O)NCCCC(=O)O)CC1. The molecule has 0 bridgehead atoms. The molecule has 0 aromatic carbocycles. The van der Waals surface area contributed by atoms with Crippen LogP contribution in [0.5, 0.6) is 0 Å². The smallest absolute Gasteiger partial charge is 0.317 e. The molecule has 7 nitrogen and oxygen atoms in total. The predicted octanol–water partition coefficient (Wildman–Crippen LogP) is 0.148. The van der Waals surface area contributed by atoms with Crippen LogP contribution in [-0.4, -0.2) is 47.5 Å². The van der Waals surface area contributed by atoms with E-state index in [-0.39, 0.29) is 24.3 Å². The topological polar surface area (TPSA) is 113 Å². The molecule has 1 rings (SSSR count). The molecule has 0 atom stereocenters. The summed E-state index contributed by atoms with van der Waals surface area (Å²) >= 11 is 0. The fourth-order valence-electron chi connectivity index (χ4n) is 2.17. The van der Waals surface area contributed by atoms with Gasteiger partial charge in [-0.25, -0.2) is 4.79 Å². The average Bonchev–Trinajstić information content (AvgIpc) is 2.34. The molecule has 0 radical (unpaired) electrons. The largest absolute Gasteiger partial charge is 0.481 e. The zero-order chi connectivity index (χ0) is 14.3. The number of carboxylic acids is 1. The number of hydrogen-bond donors (Lipinski definition) is 3. The number of rotatable bonds is 6. The lowest BCUT2D eigenvalue weighted by Gasteiger charge is -2.31. The van der Waals surface area contributed by atoms with E-state index >= 15 is 0 Å². The van der Waals surface area contributed by atoms with Crippen LogP contribution in [0.1, 0.15) is 32.1 Å². The predicted molar refractivity (Wildman–Crippen MR) is 68.4 cm³/mol. The molecule has 1 fully saturated rings. The zero-order valence-corrected chi connectivity index (χ0v) is 10.9. The van der Waals surface area contributed by atoms with E-state index in [0.29, 0.717) is 32.5 Å². The average molecular weight is 271 g/mol. The molecule has 108 valence electrons. The molecule has 4 N–H and O–H groups in total. The van der Waals surface area contributed by atoms with Crippen molar-refractivity contribution >= 4 is 17.9 Å². The summed E-state index contributed by atoms with van der Waals surface area (Å²) in [4.78, 5) is 34.5. The van der Waals surface area contributed by atoms with Gasteiger partial charge >= 0.3 is 12.0 Å². The monoisotopic (exact) mass is 271 g/mol. The Morgan fingerprint density at radius 2 is 1.89 bits per heavy atom. The summed E-state index contributed by atoms with van der Waals surface area (Å²) in [6, 6.07) is -0.164. The van der Waals surface area contributed by atoms with Crippen molar-refractivity contribution in [2.24, 2.45) is 11.7 Å². The fourth-order valence-corrected chi connectivity index (χ4v) is 2.17. The summed E-state index contributed by atoms with van der Waals surface area (Å²) in [5.74, 6) is -0.883. The summed E-state index contributed by atoms with van der Waals surface area (Å²) in [7, 11) is 0. The van der Waals surface area contributed by atoms with Crippen LogP contribution < -0.4 is 11.1 Å². The Balaban J connectivity index is 2.18. The fraction of sp³-hybridized carbons (Fsp3) is 0.750. The van der Waals surface area contributed by atoms with Crippen LogP contribution in [0.3, 0.4) is 0 Å². The third-order valence-electron chi connectivity index (χ3n) is 3.24. The van der Waals surface area contributed by atoms with E-state index in [0.717, 1.165) is 12.8 Å². The molecular weight excluding hydrogens is 250 g/mol. The Labute approximate surface area is 112 Å². The van der Waals surface area contributed by atoms with E-state index in [2.05, 4.69) is 5.32 Å². The van der Waals surface area contributed by atoms with E-state index in [4.69, 9.17) is 10.8 Å². The van der Waals surface area contributed by atoms with Crippen LogP contribution in [0.25, 0.3) is 0 Å². The number of piperidine rings is 1. The lowest BCUT2D eigenvalue weighted by Crippen LogP contribution is -2.45.